The van der Waals surface area contributed by atoms with Gasteiger partial charge in [-0.05, 0) is 26.0 Å². The fraction of sp³-hybridized carbons (Fsp3) is 0.417. The number of hydrogen-bond acceptors (Lipinski definition) is 2. The van der Waals surface area contributed by atoms with Gasteiger partial charge in [-0.2, -0.15) is 0 Å². The topological polar surface area (TPSA) is 8.17 Å². The van der Waals surface area contributed by atoms with Crippen LogP contribution in [0.15, 0.2) is 30.6 Å². The molecule has 0 spiro atoms. The molecule has 0 bridgehead atoms. The molecule has 1 heterocycles. The van der Waals surface area contributed by atoms with Crippen LogP contribution in [0.3, 0.4) is 0 Å². The first kappa shape index (κ1) is 13.3. The quantitative estimate of drug-likeness (QED) is 0.745. The molecule has 0 aromatic carbocycles. The predicted octanol–water partition coefficient (Wildman–Crippen LogP) is 3.32. The lowest BCUT2D eigenvalue weighted by atomic mass is 10.6. The zero-order valence-electron chi connectivity index (χ0n) is 9.80. The molecule has 0 saturated heterocycles. The number of aromatic nitrogens is 1. The van der Waals surface area contributed by atoms with E-state index in [4.69, 9.17) is 12.2 Å². The Kier molecular flexibility index (Phi) is 6.26. The molecule has 1 aromatic rings. The molecule has 0 atom stereocenters. The number of nitrogens with zero attached hydrogens (tertiary/aromatic N) is 2. The van der Waals surface area contributed by atoms with Crippen LogP contribution < -0.4 is 0 Å². The fourth-order valence-corrected chi connectivity index (χ4v) is 2.53. The Labute approximate surface area is 107 Å². The summed E-state index contributed by atoms with van der Waals surface area (Å²) in [6.45, 7) is 6.24. The summed E-state index contributed by atoms with van der Waals surface area (Å²) >= 11 is 7.05. The second-order valence-electron chi connectivity index (χ2n) is 3.26. The van der Waals surface area contributed by atoms with E-state index < -0.39 is 0 Å². The summed E-state index contributed by atoms with van der Waals surface area (Å²) < 4.78 is 3.02. The fourth-order valence-electron chi connectivity index (χ4n) is 1.30. The van der Waals surface area contributed by atoms with Crippen molar-refractivity contribution >= 4 is 34.5 Å². The van der Waals surface area contributed by atoms with Crippen LogP contribution >= 0.6 is 24.0 Å². The van der Waals surface area contributed by atoms with E-state index in [1.54, 1.807) is 11.8 Å². The van der Waals surface area contributed by atoms with Crippen LogP contribution in [0.2, 0.25) is 0 Å². The zero-order valence-corrected chi connectivity index (χ0v) is 11.4. The third-order valence-electron chi connectivity index (χ3n) is 2.23. The molecule has 0 aliphatic rings. The molecule has 0 aliphatic carbocycles. The molecular formula is C12H18N2S2. The standard InChI is InChI=1S/C12H18N2S2/c1-3-14(4-2)12(15)16-11-7-10-13-8-5-6-9-13/h5-10H,3-4,11H2,1-2H3/b10-7+. The van der Waals surface area contributed by atoms with E-state index in [0.29, 0.717) is 0 Å². The van der Waals surface area contributed by atoms with E-state index in [0.717, 1.165) is 23.2 Å². The normalized spacial score (nSPS) is 10.9. The highest BCUT2D eigenvalue weighted by Gasteiger charge is 2.03. The SMILES string of the molecule is CCN(CC)C(=S)SC/C=C/n1cccc1. The number of rotatable bonds is 5. The lowest BCUT2D eigenvalue weighted by molar-refractivity contribution is 0.482. The molecule has 1 rings (SSSR count). The highest BCUT2D eigenvalue weighted by molar-refractivity contribution is 8.23. The lowest BCUT2D eigenvalue weighted by Crippen LogP contribution is -2.26. The van der Waals surface area contributed by atoms with Crippen molar-refractivity contribution in [2.45, 2.75) is 13.8 Å². The Morgan fingerprint density at radius 2 is 1.94 bits per heavy atom. The Morgan fingerprint density at radius 1 is 1.31 bits per heavy atom. The van der Waals surface area contributed by atoms with E-state index in [1.807, 2.05) is 29.1 Å². The van der Waals surface area contributed by atoms with Crippen LogP contribution in [0.1, 0.15) is 13.8 Å². The van der Waals surface area contributed by atoms with Crippen LogP contribution in [0.4, 0.5) is 0 Å². The molecule has 2 nitrogen and oxygen atoms in total. The second-order valence-corrected chi connectivity index (χ2v) is 4.92. The maximum absolute atomic E-state index is 5.34. The van der Waals surface area contributed by atoms with Crippen LogP contribution in [-0.4, -0.2) is 32.6 Å². The summed E-state index contributed by atoms with van der Waals surface area (Å²) in [5.41, 5.74) is 0. The first-order chi connectivity index (χ1) is 7.77. The summed E-state index contributed by atoms with van der Waals surface area (Å²) in [6.07, 6.45) is 8.21. The van der Waals surface area contributed by atoms with Gasteiger partial charge in [0.1, 0.15) is 4.32 Å². The van der Waals surface area contributed by atoms with Crippen molar-refractivity contribution in [2.24, 2.45) is 0 Å². The Balaban J connectivity index is 2.27. The van der Waals surface area contributed by atoms with E-state index in [2.05, 4.69) is 31.0 Å². The minimum absolute atomic E-state index is 0.924. The predicted molar refractivity (Wildman–Crippen MR) is 77.7 cm³/mol. The molecule has 0 radical (unpaired) electrons. The summed E-state index contributed by atoms with van der Waals surface area (Å²) in [5.74, 6) is 0.924. The Morgan fingerprint density at radius 3 is 2.50 bits per heavy atom. The highest BCUT2D eigenvalue weighted by atomic mass is 32.2. The maximum Gasteiger partial charge on any atom is 0.136 e. The first-order valence-corrected chi connectivity index (χ1v) is 6.88. The average molecular weight is 254 g/mol. The number of hydrogen-bond donors (Lipinski definition) is 0. The molecular weight excluding hydrogens is 236 g/mol. The monoisotopic (exact) mass is 254 g/mol. The van der Waals surface area contributed by atoms with E-state index in [9.17, 15) is 0 Å². The smallest absolute Gasteiger partial charge is 0.136 e. The van der Waals surface area contributed by atoms with Gasteiger partial charge < -0.3 is 9.47 Å². The van der Waals surface area contributed by atoms with E-state index in [-0.39, 0.29) is 0 Å². The third-order valence-corrected chi connectivity index (χ3v) is 3.71. The highest BCUT2D eigenvalue weighted by Crippen LogP contribution is 2.09. The van der Waals surface area contributed by atoms with Gasteiger partial charge in [-0.15, -0.1) is 0 Å². The third kappa shape index (κ3) is 4.41. The van der Waals surface area contributed by atoms with Gasteiger partial charge in [0.15, 0.2) is 0 Å². The molecule has 0 amide bonds. The van der Waals surface area contributed by atoms with Crippen LogP contribution in [0, 0.1) is 0 Å². The van der Waals surface area contributed by atoms with Crippen molar-refractivity contribution in [3.63, 3.8) is 0 Å². The van der Waals surface area contributed by atoms with Crippen LogP contribution in [0.25, 0.3) is 6.20 Å². The van der Waals surface area contributed by atoms with Crippen molar-refractivity contribution in [1.82, 2.24) is 9.47 Å². The van der Waals surface area contributed by atoms with Crippen LogP contribution in [-0.2, 0) is 0 Å². The summed E-state index contributed by atoms with van der Waals surface area (Å²) in [5, 5.41) is 0. The molecule has 1 aromatic heterocycles. The lowest BCUT2D eigenvalue weighted by Gasteiger charge is -2.20. The van der Waals surface area contributed by atoms with Gasteiger partial charge in [-0.1, -0.05) is 30.1 Å². The van der Waals surface area contributed by atoms with Gasteiger partial charge in [0.25, 0.3) is 0 Å². The molecule has 88 valence electrons. The Bertz CT molecular complexity index is 327. The van der Waals surface area contributed by atoms with Gasteiger partial charge in [-0.3, -0.25) is 0 Å². The average Bonchev–Trinajstić information content (AvgIpc) is 2.79. The van der Waals surface area contributed by atoms with Crippen LogP contribution in [0.5, 0.6) is 0 Å². The van der Waals surface area contributed by atoms with Crippen molar-refractivity contribution in [1.29, 1.82) is 0 Å². The molecule has 4 heteroatoms. The molecule has 0 unspecified atom stereocenters. The van der Waals surface area contributed by atoms with Gasteiger partial charge in [0, 0.05) is 37.4 Å². The summed E-state index contributed by atoms with van der Waals surface area (Å²) in [6, 6.07) is 4.02. The largest absolute Gasteiger partial charge is 0.358 e. The zero-order chi connectivity index (χ0) is 11.8. The van der Waals surface area contributed by atoms with Gasteiger partial charge in [-0.25, -0.2) is 0 Å². The summed E-state index contributed by atoms with van der Waals surface area (Å²) in [7, 11) is 0. The molecule has 16 heavy (non-hydrogen) atoms. The van der Waals surface area contributed by atoms with Gasteiger partial charge >= 0.3 is 0 Å². The minimum atomic E-state index is 0.924. The van der Waals surface area contributed by atoms with E-state index in [1.165, 1.54) is 0 Å². The second kappa shape index (κ2) is 7.52. The van der Waals surface area contributed by atoms with Gasteiger partial charge in [0.2, 0.25) is 0 Å². The van der Waals surface area contributed by atoms with E-state index >= 15 is 0 Å². The van der Waals surface area contributed by atoms with Crippen molar-refractivity contribution in [3.05, 3.63) is 30.6 Å². The molecule has 0 saturated carbocycles. The Hall–Kier alpha value is -0.740. The molecule has 0 fully saturated rings. The number of thiocarbonyl (C=S) groups is 1. The first-order valence-electron chi connectivity index (χ1n) is 5.48. The molecule has 0 N–H and O–H groups in total. The van der Waals surface area contributed by atoms with Crippen molar-refractivity contribution in [3.8, 4) is 0 Å². The number of thioether (sulfide) groups is 1. The molecule has 0 aliphatic heterocycles. The summed E-state index contributed by atoms with van der Waals surface area (Å²) in [4.78, 5) is 2.20. The van der Waals surface area contributed by atoms with Crippen molar-refractivity contribution < 1.29 is 0 Å². The van der Waals surface area contributed by atoms with Gasteiger partial charge in [0.05, 0.1) is 0 Å². The maximum atomic E-state index is 5.34. The minimum Gasteiger partial charge on any atom is -0.358 e. The van der Waals surface area contributed by atoms with Crippen molar-refractivity contribution in [2.75, 3.05) is 18.8 Å².